The summed E-state index contributed by atoms with van der Waals surface area (Å²) in [6.45, 7) is 0. The topological polar surface area (TPSA) is 51.7 Å². The highest BCUT2D eigenvalue weighted by Crippen LogP contribution is 1.73. The summed E-state index contributed by atoms with van der Waals surface area (Å²) in [5.41, 5.74) is 8.40. The Hall–Kier alpha value is -0.810. The maximum absolute atomic E-state index is 3.83. The Labute approximate surface area is 47.7 Å². The van der Waals surface area contributed by atoms with Gasteiger partial charge >= 0.3 is 0 Å². The van der Waals surface area contributed by atoms with E-state index in [0.29, 0.717) is 0 Å². The first kappa shape index (κ1) is 5.33. The summed E-state index contributed by atoms with van der Waals surface area (Å²) in [5.74, 6) is 0.729. The van der Waals surface area contributed by atoms with E-state index < -0.39 is 0 Å². The van der Waals surface area contributed by atoms with Gasteiger partial charge in [0.05, 0.1) is 0 Å². The molecule has 0 radical (unpaired) electrons. The second-order valence-corrected chi connectivity index (χ2v) is 1.48. The zero-order valence-electron chi connectivity index (χ0n) is 4.89. The zero-order chi connectivity index (χ0) is 5.98. The summed E-state index contributed by atoms with van der Waals surface area (Å²) in [7, 11) is 3.54. The van der Waals surface area contributed by atoms with Crippen molar-refractivity contribution in [3.05, 3.63) is 0 Å². The molecule has 3 N–H and O–H groups in total. The van der Waals surface area contributed by atoms with Crippen molar-refractivity contribution < 1.29 is 0 Å². The third-order valence-corrected chi connectivity index (χ3v) is 0.839. The van der Waals surface area contributed by atoms with E-state index in [9.17, 15) is 0 Å². The van der Waals surface area contributed by atoms with Gasteiger partial charge < -0.3 is 0 Å². The predicted octanol–water partition coefficient (Wildman–Crippen LogP) is -1.57. The van der Waals surface area contributed by atoms with Crippen molar-refractivity contribution in [2.45, 2.75) is 0 Å². The maximum Gasteiger partial charge on any atom is 0.222 e. The molecule has 0 aromatic rings. The van der Waals surface area contributed by atoms with Crippen LogP contribution in [0, 0.1) is 0 Å². The lowest BCUT2D eigenvalue weighted by atomic mass is 11.0. The van der Waals surface area contributed by atoms with Gasteiger partial charge in [-0.15, -0.1) is 10.7 Å². The lowest BCUT2D eigenvalue weighted by Gasteiger charge is -2.02. The Morgan fingerprint density at radius 1 is 1.62 bits per heavy atom. The third-order valence-electron chi connectivity index (χ3n) is 0.839. The first-order valence-corrected chi connectivity index (χ1v) is 2.32. The Kier molecular flexibility index (Phi) is 1.32. The number of rotatable bonds is 0. The highest BCUT2D eigenvalue weighted by Gasteiger charge is 2.07. The van der Waals surface area contributed by atoms with E-state index in [-0.39, 0.29) is 0 Å². The minimum atomic E-state index is 0.729. The van der Waals surface area contributed by atoms with E-state index in [0.717, 1.165) is 5.96 Å². The number of hydrogen-bond acceptors (Lipinski definition) is 3. The van der Waals surface area contributed by atoms with Gasteiger partial charge in [0, 0.05) is 14.1 Å². The van der Waals surface area contributed by atoms with Crippen LogP contribution in [0.2, 0.25) is 0 Å². The number of hydrazine groups is 3. The second kappa shape index (κ2) is 1.97. The van der Waals surface area contributed by atoms with Crippen molar-refractivity contribution in [3.8, 4) is 0 Å². The van der Waals surface area contributed by atoms with Crippen molar-refractivity contribution in [2.24, 2.45) is 4.99 Å². The van der Waals surface area contributed by atoms with E-state index in [2.05, 4.69) is 21.4 Å². The van der Waals surface area contributed by atoms with Crippen LogP contribution >= 0.6 is 0 Å². The van der Waals surface area contributed by atoms with Gasteiger partial charge in [-0.25, -0.2) is 0 Å². The van der Waals surface area contributed by atoms with E-state index >= 15 is 0 Å². The molecule has 46 valence electrons. The van der Waals surface area contributed by atoms with Crippen molar-refractivity contribution in [1.29, 1.82) is 0 Å². The summed E-state index contributed by atoms with van der Waals surface area (Å²) in [6.07, 6.45) is 0. The molecule has 0 amide bonds. The Morgan fingerprint density at radius 3 is 2.62 bits per heavy atom. The van der Waals surface area contributed by atoms with Crippen LogP contribution in [0.3, 0.4) is 0 Å². The van der Waals surface area contributed by atoms with Crippen molar-refractivity contribution in [1.82, 2.24) is 21.5 Å². The van der Waals surface area contributed by atoms with Gasteiger partial charge in [-0.1, -0.05) is 0 Å². The first-order valence-electron chi connectivity index (χ1n) is 2.32. The molecule has 1 rings (SSSR count). The zero-order valence-corrected chi connectivity index (χ0v) is 4.89. The van der Waals surface area contributed by atoms with E-state index in [1.54, 1.807) is 12.2 Å². The molecule has 1 aliphatic rings. The van der Waals surface area contributed by atoms with E-state index in [1.165, 1.54) is 0 Å². The molecule has 0 aliphatic carbocycles. The van der Waals surface area contributed by atoms with Gasteiger partial charge in [0.2, 0.25) is 5.96 Å². The fourth-order valence-corrected chi connectivity index (χ4v) is 0.457. The van der Waals surface area contributed by atoms with Crippen molar-refractivity contribution in [2.75, 3.05) is 14.1 Å². The Balaban J connectivity index is 2.44. The fourth-order valence-electron chi connectivity index (χ4n) is 0.457. The number of aliphatic imine (C=N–C) groups is 1. The summed E-state index contributed by atoms with van der Waals surface area (Å²) < 4.78 is 0. The van der Waals surface area contributed by atoms with Crippen LogP contribution in [0.4, 0.5) is 0 Å². The molecule has 0 saturated carbocycles. The first-order chi connectivity index (χ1) is 3.83. The van der Waals surface area contributed by atoms with Gasteiger partial charge in [0.25, 0.3) is 0 Å². The standard InChI is InChI=1S/C3H9N5/c1-4-3-5-7-8(2)6-3/h7H,1-2H3,(H2,4,5,6). The summed E-state index contributed by atoms with van der Waals surface area (Å²) >= 11 is 0. The second-order valence-electron chi connectivity index (χ2n) is 1.48. The van der Waals surface area contributed by atoms with Gasteiger partial charge in [-0.05, 0) is 0 Å². The van der Waals surface area contributed by atoms with Crippen molar-refractivity contribution >= 4 is 5.96 Å². The molecule has 8 heavy (non-hydrogen) atoms. The van der Waals surface area contributed by atoms with Gasteiger partial charge in [0.15, 0.2) is 0 Å². The lowest BCUT2D eigenvalue weighted by Crippen LogP contribution is -2.35. The molecule has 5 nitrogen and oxygen atoms in total. The maximum atomic E-state index is 3.83. The predicted molar refractivity (Wildman–Crippen MR) is 30.5 cm³/mol. The molecule has 1 saturated heterocycles. The molecule has 0 spiro atoms. The van der Waals surface area contributed by atoms with Crippen LogP contribution in [0.25, 0.3) is 0 Å². The smallest absolute Gasteiger partial charge is 0.222 e. The molecule has 0 bridgehead atoms. The highest BCUT2D eigenvalue weighted by atomic mass is 15.9. The molecule has 1 aliphatic heterocycles. The van der Waals surface area contributed by atoms with Crippen molar-refractivity contribution in [3.63, 3.8) is 0 Å². The quantitative estimate of drug-likeness (QED) is 0.357. The Bertz CT molecular complexity index is 108. The molecule has 1 fully saturated rings. The number of guanidine groups is 1. The molecular formula is C3H9N5. The fraction of sp³-hybridized carbons (Fsp3) is 0.667. The third kappa shape index (κ3) is 0.877. The number of hydrogen-bond donors (Lipinski definition) is 3. The monoisotopic (exact) mass is 115 g/mol. The largest absolute Gasteiger partial charge is 0.275 e. The molecule has 0 atom stereocenters. The lowest BCUT2D eigenvalue weighted by molar-refractivity contribution is 0.226. The summed E-state index contributed by atoms with van der Waals surface area (Å²) in [5, 5.41) is 1.67. The van der Waals surface area contributed by atoms with Gasteiger partial charge in [0.1, 0.15) is 0 Å². The average Bonchev–Trinajstić information content (AvgIpc) is 2.14. The van der Waals surface area contributed by atoms with Crippen LogP contribution in [-0.2, 0) is 0 Å². The molecular weight excluding hydrogens is 106 g/mol. The van der Waals surface area contributed by atoms with Crippen LogP contribution in [-0.4, -0.2) is 25.2 Å². The van der Waals surface area contributed by atoms with E-state index in [1.807, 2.05) is 7.05 Å². The SMILES string of the molecule is CN=C1NNN(C)N1. The molecule has 1 heterocycles. The molecule has 5 heteroatoms. The summed E-state index contributed by atoms with van der Waals surface area (Å²) in [6, 6.07) is 0. The molecule has 0 unspecified atom stereocenters. The summed E-state index contributed by atoms with van der Waals surface area (Å²) in [4.78, 5) is 3.83. The highest BCUT2D eigenvalue weighted by molar-refractivity contribution is 5.79. The van der Waals surface area contributed by atoms with Gasteiger partial charge in [-0.3, -0.25) is 15.8 Å². The normalized spacial score (nSPS) is 25.5. The Morgan fingerprint density at radius 2 is 2.38 bits per heavy atom. The van der Waals surface area contributed by atoms with Crippen LogP contribution in [0.5, 0.6) is 0 Å². The van der Waals surface area contributed by atoms with Crippen LogP contribution in [0.15, 0.2) is 4.99 Å². The van der Waals surface area contributed by atoms with Crippen LogP contribution < -0.4 is 16.4 Å². The minimum absolute atomic E-state index is 0.729. The van der Waals surface area contributed by atoms with Crippen LogP contribution in [0.1, 0.15) is 0 Å². The number of nitrogens with one attached hydrogen (secondary N) is 3. The van der Waals surface area contributed by atoms with E-state index in [4.69, 9.17) is 0 Å². The average molecular weight is 115 g/mol. The molecule has 0 aromatic carbocycles. The number of nitrogens with zero attached hydrogens (tertiary/aromatic N) is 2. The van der Waals surface area contributed by atoms with Gasteiger partial charge in [-0.2, -0.15) is 0 Å². The minimum Gasteiger partial charge on any atom is -0.275 e. The molecule has 0 aromatic heterocycles.